The van der Waals surface area contributed by atoms with Crippen LogP contribution in [0.1, 0.15) is 60.0 Å². The summed E-state index contributed by atoms with van der Waals surface area (Å²) < 4.78 is 41.7. The van der Waals surface area contributed by atoms with Crippen molar-refractivity contribution in [3.8, 4) is 11.1 Å². The zero-order chi connectivity index (χ0) is 37.0. The molecule has 0 saturated carbocycles. The zero-order valence-electron chi connectivity index (χ0n) is 29.6. The summed E-state index contributed by atoms with van der Waals surface area (Å²) in [4.78, 5) is 2.60. The van der Waals surface area contributed by atoms with Gasteiger partial charge in [-0.2, -0.15) is 0 Å². The molecule has 2 heterocycles. The summed E-state index contributed by atoms with van der Waals surface area (Å²) in [5.41, 5.74) is 5.57. The molecule has 8 nitrogen and oxygen atoms in total. The van der Waals surface area contributed by atoms with Gasteiger partial charge in [0.25, 0.3) is 0 Å². The Morgan fingerprint density at radius 3 is 2.15 bits per heavy atom. The number of aliphatic hydroxyl groups excluding tert-OH is 1. The highest BCUT2D eigenvalue weighted by molar-refractivity contribution is 7.89. The lowest BCUT2D eigenvalue weighted by molar-refractivity contribution is -0.277. The van der Waals surface area contributed by atoms with Crippen LogP contribution in [0.3, 0.4) is 0 Å². The summed E-state index contributed by atoms with van der Waals surface area (Å²) in [5, 5.41) is 21.8. The van der Waals surface area contributed by atoms with E-state index in [1.807, 2.05) is 97.1 Å². The first kappa shape index (κ1) is 37.4. The molecular weight excluding hydrogens is 708 g/mol. The molecule has 10 heteroatoms. The third kappa shape index (κ3) is 8.75. The van der Waals surface area contributed by atoms with Crippen molar-refractivity contribution in [2.24, 2.45) is 5.92 Å². The van der Waals surface area contributed by atoms with Crippen LogP contribution in [0.4, 0.5) is 0 Å². The number of hydrogen-bond donors (Lipinski definition) is 3. The highest BCUT2D eigenvalue weighted by Crippen LogP contribution is 2.43. The Balaban J connectivity index is 1.06. The summed E-state index contributed by atoms with van der Waals surface area (Å²) in [6.45, 7) is 4.47. The van der Waals surface area contributed by atoms with Gasteiger partial charge in [0, 0.05) is 42.7 Å². The van der Waals surface area contributed by atoms with E-state index >= 15 is 0 Å². The van der Waals surface area contributed by atoms with Gasteiger partial charge in [-0.3, -0.25) is 0 Å². The van der Waals surface area contributed by atoms with E-state index in [2.05, 4.69) is 16.5 Å². The van der Waals surface area contributed by atoms with Gasteiger partial charge >= 0.3 is 0 Å². The molecule has 3 N–H and O–H groups in total. The minimum absolute atomic E-state index is 0.0222. The number of sulfonamides is 1. The standard InChI is InChI=1S/C43H45ClN2O6S/c1-30-40(28-46-24-22-43(48,23-25-46)37-18-20-38(44)21-19-37)51-42(52-41(30)34-12-10-31(29-47)11-13-34)35-16-14-33(15-17-35)36-7-5-6-32(26-36)27-45-53(49,50)39-8-3-2-4-9-39/h2-21,26,30,40-42,45,47-48H,22-25,27-29H2,1H3/t30-,40+,41+,42+/m1/s1. The Labute approximate surface area is 317 Å². The number of halogens is 1. The van der Waals surface area contributed by atoms with Gasteiger partial charge < -0.3 is 24.6 Å². The first-order valence-electron chi connectivity index (χ1n) is 18.1. The van der Waals surface area contributed by atoms with Crippen LogP contribution in [0.25, 0.3) is 11.1 Å². The van der Waals surface area contributed by atoms with E-state index in [4.69, 9.17) is 21.1 Å². The highest BCUT2D eigenvalue weighted by Gasteiger charge is 2.41. The molecule has 0 unspecified atom stereocenters. The first-order chi connectivity index (χ1) is 25.6. The van der Waals surface area contributed by atoms with Gasteiger partial charge in [0.2, 0.25) is 10.0 Å². The molecule has 0 amide bonds. The third-order valence-corrected chi connectivity index (χ3v) is 12.3. The van der Waals surface area contributed by atoms with Crippen molar-refractivity contribution in [2.75, 3.05) is 19.6 Å². The minimum Gasteiger partial charge on any atom is -0.392 e. The molecular formula is C43H45ClN2O6S. The quantitative estimate of drug-likeness (QED) is 0.127. The third-order valence-electron chi connectivity index (χ3n) is 10.6. The van der Waals surface area contributed by atoms with E-state index in [0.717, 1.165) is 52.0 Å². The highest BCUT2D eigenvalue weighted by atomic mass is 35.5. The molecule has 2 saturated heterocycles. The second kappa shape index (κ2) is 16.2. The number of nitrogens with one attached hydrogen (secondary N) is 1. The van der Waals surface area contributed by atoms with Crippen molar-refractivity contribution >= 4 is 21.6 Å². The van der Waals surface area contributed by atoms with Crippen LogP contribution < -0.4 is 4.72 Å². The molecule has 5 aromatic rings. The van der Waals surface area contributed by atoms with Gasteiger partial charge in [-0.1, -0.05) is 116 Å². The lowest BCUT2D eigenvalue weighted by atomic mass is 9.84. The Morgan fingerprint density at radius 2 is 1.47 bits per heavy atom. The maximum absolute atomic E-state index is 12.8. The van der Waals surface area contributed by atoms with Crippen LogP contribution in [0.2, 0.25) is 5.02 Å². The van der Waals surface area contributed by atoms with Gasteiger partial charge in [0.15, 0.2) is 6.29 Å². The van der Waals surface area contributed by atoms with Crippen molar-refractivity contribution in [1.29, 1.82) is 0 Å². The molecule has 4 atom stereocenters. The van der Waals surface area contributed by atoms with Crippen LogP contribution in [0.5, 0.6) is 0 Å². The number of rotatable bonds is 11. The lowest BCUT2D eigenvalue weighted by Gasteiger charge is -2.45. The van der Waals surface area contributed by atoms with E-state index in [-0.39, 0.29) is 36.2 Å². The molecule has 53 heavy (non-hydrogen) atoms. The molecule has 7 rings (SSSR count). The van der Waals surface area contributed by atoms with E-state index in [0.29, 0.717) is 24.4 Å². The first-order valence-corrected chi connectivity index (χ1v) is 19.9. The molecule has 0 aromatic heterocycles. The normalized spacial score (nSPS) is 22.0. The fraction of sp³-hybridized carbons (Fsp3) is 0.302. The molecule has 2 aliphatic rings. The average molecular weight is 753 g/mol. The number of aliphatic hydroxyl groups is 2. The molecule has 0 spiro atoms. The molecule has 5 aromatic carbocycles. The molecule has 2 fully saturated rings. The van der Waals surface area contributed by atoms with Crippen molar-refractivity contribution in [3.05, 3.63) is 160 Å². The fourth-order valence-corrected chi connectivity index (χ4v) is 8.46. The second-order valence-corrected chi connectivity index (χ2v) is 16.3. The largest absolute Gasteiger partial charge is 0.392 e. The van der Waals surface area contributed by atoms with E-state index in [1.54, 1.807) is 30.3 Å². The van der Waals surface area contributed by atoms with Gasteiger partial charge in [-0.15, -0.1) is 0 Å². The van der Waals surface area contributed by atoms with Crippen LogP contribution in [0, 0.1) is 5.92 Å². The summed E-state index contributed by atoms with van der Waals surface area (Å²) in [6, 6.07) is 39.7. The smallest absolute Gasteiger partial charge is 0.240 e. The number of likely N-dealkylation sites (tertiary alicyclic amines) is 1. The number of piperidine rings is 1. The van der Waals surface area contributed by atoms with Crippen molar-refractivity contribution < 1.29 is 28.1 Å². The zero-order valence-corrected chi connectivity index (χ0v) is 31.2. The lowest BCUT2D eigenvalue weighted by Crippen LogP contribution is -2.49. The maximum atomic E-state index is 12.8. The Morgan fingerprint density at radius 1 is 0.792 bits per heavy atom. The summed E-state index contributed by atoms with van der Waals surface area (Å²) in [6.07, 6.45) is 0.238. The number of hydrogen-bond acceptors (Lipinski definition) is 7. The predicted molar refractivity (Wildman–Crippen MR) is 206 cm³/mol. The number of nitrogens with zero attached hydrogens (tertiary/aromatic N) is 1. The van der Waals surface area contributed by atoms with Crippen LogP contribution in [-0.2, 0) is 38.2 Å². The van der Waals surface area contributed by atoms with E-state index in [9.17, 15) is 18.6 Å². The second-order valence-electron chi connectivity index (χ2n) is 14.1. The van der Waals surface area contributed by atoms with Gasteiger partial charge in [-0.05, 0) is 76.6 Å². The Kier molecular flexibility index (Phi) is 11.5. The molecule has 0 aliphatic carbocycles. The summed E-state index contributed by atoms with van der Waals surface area (Å²) >= 11 is 6.11. The summed E-state index contributed by atoms with van der Waals surface area (Å²) in [5.74, 6) is 0.0321. The van der Waals surface area contributed by atoms with Crippen LogP contribution >= 0.6 is 11.6 Å². The topological polar surface area (TPSA) is 108 Å². The number of benzene rings is 5. The number of ether oxygens (including phenoxy) is 2. The predicted octanol–water partition coefficient (Wildman–Crippen LogP) is 7.75. The minimum atomic E-state index is -3.63. The Bertz CT molecular complexity index is 2070. The fourth-order valence-electron chi connectivity index (χ4n) is 7.29. The molecule has 0 bridgehead atoms. The van der Waals surface area contributed by atoms with Crippen LogP contribution in [0.15, 0.2) is 132 Å². The monoisotopic (exact) mass is 752 g/mol. The average Bonchev–Trinajstić information content (AvgIpc) is 3.19. The van der Waals surface area contributed by atoms with E-state index in [1.165, 1.54) is 0 Å². The molecule has 2 aliphatic heterocycles. The maximum Gasteiger partial charge on any atom is 0.240 e. The van der Waals surface area contributed by atoms with Gasteiger partial charge in [-0.25, -0.2) is 13.1 Å². The van der Waals surface area contributed by atoms with Crippen molar-refractivity contribution in [3.63, 3.8) is 0 Å². The van der Waals surface area contributed by atoms with Gasteiger partial charge in [0.1, 0.15) is 0 Å². The molecule has 0 radical (unpaired) electrons. The van der Waals surface area contributed by atoms with Crippen molar-refractivity contribution in [1.82, 2.24) is 9.62 Å². The van der Waals surface area contributed by atoms with E-state index < -0.39 is 21.9 Å². The SMILES string of the molecule is C[C@@H]1[C@H](CN2CCC(O)(c3ccc(Cl)cc3)CC2)O[C@H](c2ccc(-c3cccc(CNS(=O)(=O)c4ccccc4)c3)cc2)O[C@@H]1c1ccc(CO)cc1. The van der Waals surface area contributed by atoms with Crippen LogP contribution in [-0.4, -0.2) is 49.3 Å². The van der Waals surface area contributed by atoms with Gasteiger partial charge in [0.05, 0.1) is 29.3 Å². The van der Waals surface area contributed by atoms with Crippen molar-refractivity contribution in [2.45, 2.75) is 61.9 Å². The molecule has 276 valence electrons. The summed E-state index contributed by atoms with van der Waals surface area (Å²) in [7, 11) is -3.63. The Hall–Kier alpha value is -3.90.